The van der Waals surface area contributed by atoms with Crippen LogP contribution in [0, 0.1) is 12.7 Å². The maximum absolute atomic E-state index is 13.4. The third-order valence-corrected chi connectivity index (χ3v) is 2.44. The fourth-order valence-electron chi connectivity index (χ4n) is 1.51. The lowest BCUT2D eigenvalue weighted by molar-refractivity contribution is -0.137. The summed E-state index contributed by atoms with van der Waals surface area (Å²) >= 11 is 0. The Hall–Kier alpha value is -2.17. The van der Waals surface area contributed by atoms with E-state index in [1.165, 1.54) is 16.9 Å². The van der Waals surface area contributed by atoms with Crippen LogP contribution in [-0.4, -0.2) is 20.9 Å². The maximum atomic E-state index is 13.4. The molecule has 0 amide bonds. The van der Waals surface area contributed by atoms with E-state index in [9.17, 15) is 9.18 Å². The Balaban J connectivity index is 2.30. The molecule has 1 heterocycles. The third-order valence-electron chi connectivity index (χ3n) is 2.44. The van der Waals surface area contributed by atoms with Gasteiger partial charge in [0, 0.05) is 11.8 Å². The van der Waals surface area contributed by atoms with Gasteiger partial charge in [-0.05, 0) is 24.1 Å². The van der Waals surface area contributed by atoms with Crippen LogP contribution in [-0.2, 0) is 11.3 Å². The predicted molar refractivity (Wildman–Crippen MR) is 60.0 cm³/mol. The van der Waals surface area contributed by atoms with Gasteiger partial charge in [-0.3, -0.25) is 9.48 Å². The molecule has 0 saturated heterocycles. The zero-order chi connectivity index (χ0) is 12.4. The lowest BCUT2D eigenvalue weighted by Gasteiger charge is -2.00. The first kappa shape index (κ1) is 11.3. The summed E-state index contributed by atoms with van der Waals surface area (Å²) < 4.78 is 14.7. The Morgan fingerprint density at radius 3 is 2.88 bits per heavy atom. The molecule has 1 aromatic heterocycles. The molecular formula is C12H11FN2O2. The minimum atomic E-state index is -0.963. The number of carboxylic acid groups (broad SMARTS) is 1. The summed E-state index contributed by atoms with van der Waals surface area (Å²) in [7, 11) is 0. The van der Waals surface area contributed by atoms with Crippen molar-refractivity contribution in [3.63, 3.8) is 0 Å². The largest absolute Gasteiger partial charge is 0.480 e. The first-order chi connectivity index (χ1) is 8.06. The Kier molecular flexibility index (Phi) is 2.91. The van der Waals surface area contributed by atoms with E-state index in [1.807, 2.05) is 0 Å². The van der Waals surface area contributed by atoms with Gasteiger partial charge in [0.1, 0.15) is 12.4 Å². The van der Waals surface area contributed by atoms with Gasteiger partial charge >= 0.3 is 5.97 Å². The second-order valence-corrected chi connectivity index (χ2v) is 3.78. The summed E-state index contributed by atoms with van der Waals surface area (Å²) in [4.78, 5) is 10.5. The molecule has 88 valence electrons. The van der Waals surface area contributed by atoms with E-state index in [-0.39, 0.29) is 12.4 Å². The zero-order valence-corrected chi connectivity index (χ0v) is 9.22. The van der Waals surface area contributed by atoms with Gasteiger partial charge in [-0.15, -0.1) is 0 Å². The van der Waals surface area contributed by atoms with E-state index >= 15 is 0 Å². The highest BCUT2D eigenvalue weighted by Crippen LogP contribution is 2.21. The van der Waals surface area contributed by atoms with Crippen LogP contribution >= 0.6 is 0 Å². The van der Waals surface area contributed by atoms with E-state index in [0.29, 0.717) is 16.7 Å². The van der Waals surface area contributed by atoms with E-state index in [0.717, 1.165) is 0 Å². The van der Waals surface area contributed by atoms with Crippen LogP contribution in [0.4, 0.5) is 4.39 Å². The summed E-state index contributed by atoms with van der Waals surface area (Å²) in [6.45, 7) is 1.49. The number of aryl methyl sites for hydroxylation is 1. The van der Waals surface area contributed by atoms with Crippen molar-refractivity contribution >= 4 is 5.97 Å². The van der Waals surface area contributed by atoms with E-state index in [4.69, 9.17) is 5.11 Å². The molecule has 0 radical (unpaired) electrons. The van der Waals surface area contributed by atoms with Gasteiger partial charge in [0.05, 0.1) is 6.20 Å². The van der Waals surface area contributed by atoms with Gasteiger partial charge in [-0.25, -0.2) is 4.39 Å². The van der Waals surface area contributed by atoms with Gasteiger partial charge in [0.25, 0.3) is 0 Å². The van der Waals surface area contributed by atoms with E-state index in [1.54, 1.807) is 25.3 Å². The number of aromatic nitrogens is 2. The van der Waals surface area contributed by atoms with Crippen LogP contribution in [0.3, 0.4) is 0 Å². The Bertz CT molecular complexity index is 563. The molecule has 0 aliphatic carbocycles. The number of carboxylic acids is 1. The summed E-state index contributed by atoms with van der Waals surface area (Å²) in [5.74, 6) is -1.25. The van der Waals surface area contributed by atoms with Crippen LogP contribution < -0.4 is 0 Å². The SMILES string of the molecule is Cc1ccc(-c2cnn(CC(=O)O)c2)cc1F. The quantitative estimate of drug-likeness (QED) is 0.884. The molecule has 0 bridgehead atoms. The highest BCUT2D eigenvalue weighted by atomic mass is 19.1. The van der Waals surface area contributed by atoms with Gasteiger partial charge < -0.3 is 5.11 Å². The normalized spacial score (nSPS) is 10.5. The number of halogens is 1. The Morgan fingerprint density at radius 1 is 1.47 bits per heavy atom. The predicted octanol–water partition coefficient (Wildman–Crippen LogP) is 2.08. The molecule has 0 fully saturated rings. The number of aliphatic carboxylic acids is 1. The minimum absolute atomic E-state index is 0.200. The third kappa shape index (κ3) is 2.50. The molecule has 1 N–H and O–H groups in total. The summed E-state index contributed by atoms with van der Waals surface area (Å²) in [5.41, 5.74) is 1.96. The van der Waals surface area contributed by atoms with E-state index < -0.39 is 5.97 Å². The van der Waals surface area contributed by atoms with Gasteiger partial charge in [-0.2, -0.15) is 5.10 Å². The monoisotopic (exact) mass is 234 g/mol. The molecule has 0 aliphatic rings. The number of nitrogens with zero attached hydrogens (tertiary/aromatic N) is 2. The summed E-state index contributed by atoms with van der Waals surface area (Å²) in [6, 6.07) is 4.87. The van der Waals surface area contributed by atoms with E-state index in [2.05, 4.69) is 5.10 Å². The van der Waals surface area contributed by atoms with Crippen molar-refractivity contribution in [1.82, 2.24) is 9.78 Å². The number of hydrogen-bond donors (Lipinski definition) is 1. The smallest absolute Gasteiger partial charge is 0.325 e. The fourth-order valence-corrected chi connectivity index (χ4v) is 1.51. The van der Waals surface area contributed by atoms with Crippen molar-refractivity contribution in [2.45, 2.75) is 13.5 Å². The molecule has 5 heteroatoms. The van der Waals surface area contributed by atoms with Crippen molar-refractivity contribution in [3.05, 3.63) is 42.0 Å². The maximum Gasteiger partial charge on any atom is 0.325 e. The first-order valence-corrected chi connectivity index (χ1v) is 5.07. The second kappa shape index (κ2) is 4.37. The highest BCUT2D eigenvalue weighted by Gasteiger charge is 2.06. The molecule has 2 rings (SSSR count). The first-order valence-electron chi connectivity index (χ1n) is 5.07. The molecule has 0 unspecified atom stereocenters. The molecule has 17 heavy (non-hydrogen) atoms. The van der Waals surface area contributed by atoms with Crippen molar-refractivity contribution in [1.29, 1.82) is 0 Å². The average Bonchev–Trinajstić information content (AvgIpc) is 2.69. The summed E-state index contributed by atoms with van der Waals surface area (Å²) in [6.07, 6.45) is 3.10. The zero-order valence-electron chi connectivity index (χ0n) is 9.22. The number of rotatable bonds is 3. The van der Waals surface area contributed by atoms with Crippen molar-refractivity contribution in [3.8, 4) is 11.1 Å². The lowest BCUT2D eigenvalue weighted by Crippen LogP contribution is -2.08. The lowest BCUT2D eigenvalue weighted by atomic mass is 10.1. The van der Waals surface area contributed by atoms with Gasteiger partial charge in [0.2, 0.25) is 0 Å². The molecule has 0 saturated carbocycles. The minimum Gasteiger partial charge on any atom is -0.480 e. The molecule has 2 aromatic rings. The number of benzene rings is 1. The van der Waals surface area contributed by atoms with Crippen molar-refractivity contribution in [2.24, 2.45) is 0 Å². The Labute approximate surface area is 97.3 Å². The van der Waals surface area contributed by atoms with Gasteiger partial charge in [-0.1, -0.05) is 12.1 Å². The molecule has 0 aliphatic heterocycles. The number of hydrogen-bond acceptors (Lipinski definition) is 2. The van der Waals surface area contributed by atoms with Crippen LogP contribution in [0.25, 0.3) is 11.1 Å². The molecule has 4 nitrogen and oxygen atoms in total. The van der Waals surface area contributed by atoms with Crippen molar-refractivity contribution < 1.29 is 14.3 Å². The van der Waals surface area contributed by atoms with Crippen LogP contribution in [0.1, 0.15) is 5.56 Å². The fraction of sp³-hybridized carbons (Fsp3) is 0.167. The number of carbonyl (C=O) groups is 1. The average molecular weight is 234 g/mol. The highest BCUT2D eigenvalue weighted by molar-refractivity contribution is 5.67. The summed E-state index contributed by atoms with van der Waals surface area (Å²) in [5, 5.41) is 12.5. The Morgan fingerprint density at radius 2 is 2.24 bits per heavy atom. The molecule has 1 aromatic carbocycles. The van der Waals surface area contributed by atoms with Gasteiger partial charge in [0.15, 0.2) is 0 Å². The topological polar surface area (TPSA) is 55.1 Å². The van der Waals surface area contributed by atoms with Crippen LogP contribution in [0.2, 0.25) is 0 Å². The van der Waals surface area contributed by atoms with Crippen molar-refractivity contribution in [2.75, 3.05) is 0 Å². The molecular weight excluding hydrogens is 223 g/mol. The van der Waals surface area contributed by atoms with Crippen LogP contribution in [0.5, 0.6) is 0 Å². The second-order valence-electron chi connectivity index (χ2n) is 3.78. The van der Waals surface area contributed by atoms with Crippen LogP contribution in [0.15, 0.2) is 30.6 Å². The standard InChI is InChI=1S/C12H11FN2O2/c1-8-2-3-9(4-11(8)13)10-5-14-15(6-10)7-12(16)17/h2-6H,7H2,1H3,(H,16,17). The molecule has 0 atom stereocenters. The molecule has 0 spiro atoms.